The molecule has 0 unspecified atom stereocenters. The lowest BCUT2D eigenvalue weighted by atomic mass is 9.93. The highest BCUT2D eigenvalue weighted by Gasteiger charge is 2.11. The third kappa shape index (κ3) is 2.05. The topological polar surface area (TPSA) is 32.9 Å². The molecule has 2 aromatic rings. The van der Waals surface area contributed by atoms with E-state index in [1.54, 1.807) is 0 Å². The summed E-state index contributed by atoms with van der Waals surface area (Å²) in [6.45, 7) is 4.43. The minimum atomic E-state index is 0.0709. The molecule has 0 amide bonds. The smallest absolute Gasteiger partial charge is 0.266 e. The van der Waals surface area contributed by atoms with Crippen LogP contribution in [0.5, 0.6) is 0 Å². The van der Waals surface area contributed by atoms with Crippen molar-refractivity contribution in [2.24, 2.45) is 5.92 Å². The van der Waals surface area contributed by atoms with Gasteiger partial charge in [-0.2, -0.15) is 0 Å². The standard InChI is InChI=1S/C13H17NOS/c1-3-9(4-2)8-10-6-5-7-11-12(10)13(15)14-16-11/h5-7,9H,3-4,8H2,1-2H3,(H,14,15). The Hall–Kier alpha value is -1.09. The summed E-state index contributed by atoms with van der Waals surface area (Å²) in [4.78, 5) is 11.7. The van der Waals surface area contributed by atoms with Crippen LogP contribution in [-0.2, 0) is 6.42 Å². The van der Waals surface area contributed by atoms with Gasteiger partial charge in [-0.15, -0.1) is 0 Å². The second-order valence-electron chi connectivity index (χ2n) is 4.21. The van der Waals surface area contributed by atoms with Crippen LogP contribution in [0, 0.1) is 5.92 Å². The number of hydrogen-bond donors (Lipinski definition) is 1. The van der Waals surface area contributed by atoms with Crippen molar-refractivity contribution in [1.29, 1.82) is 0 Å². The Morgan fingerprint density at radius 1 is 1.31 bits per heavy atom. The zero-order valence-electron chi connectivity index (χ0n) is 9.75. The molecule has 0 aliphatic carbocycles. The highest BCUT2D eigenvalue weighted by Crippen LogP contribution is 2.23. The number of benzene rings is 1. The van der Waals surface area contributed by atoms with Crippen LogP contribution in [0.4, 0.5) is 0 Å². The zero-order valence-corrected chi connectivity index (χ0v) is 10.6. The Kier molecular flexibility index (Phi) is 3.44. The molecule has 1 aromatic heterocycles. The van der Waals surface area contributed by atoms with E-state index in [9.17, 15) is 4.79 Å². The fourth-order valence-corrected chi connectivity index (χ4v) is 2.91. The first-order valence-corrected chi connectivity index (χ1v) is 6.67. The predicted molar refractivity (Wildman–Crippen MR) is 70.2 cm³/mol. The van der Waals surface area contributed by atoms with E-state index in [0.29, 0.717) is 5.92 Å². The van der Waals surface area contributed by atoms with Crippen LogP contribution in [-0.4, -0.2) is 4.37 Å². The van der Waals surface area contributed by atoms with Crippen LogP contribution in [0.2, 0.25) is 0 Å². The Balaban J connectivity index is 2.43. The molecule has 0 aliphatic heterocycles. The number of hydrogen-bond acceptors (Lipinski definition) is 2. The average molecular weight is 235 g/mol. The zero-order chi connectivity index (χ0) is 11.5. The van der Waals surface area contributed by atoms with E-state index in [0.717, 1.165) is 16.5 Å². The van der Waals surface area contributed by atoms with E-state index in [4.69, 9.17) is 0 Å². The molecule has 0 spiro atoms. The number of H-pyrrole nitrogens is 1. The third-order valence-corrected chi connectivity index (χ3v) is 4.10. The maximum Gasteiger partial charge on any atom is 0.266 e. The van der Waals surface area contributed by atoms with Crippen LogP contribution in [0.3, 0.4) is 0 Å². The van der Waals surface area contributed by atoms with Gasteiger partial charge in [0.15, 0.2) is 0 Å². The molecule has 1 N–H and O–H groups in total. The van der Waals surface area contributed by atoms with Gasteiger partial charge in [-0.05, 0) is 24.0 Å². The van der Waals surface area contributed by atoms with Gasteiger partial charge < -0.3 is 0 Å². The molecule has 2 nitrogen and oxygen atoms in total. The van der Waals surface area contributed by atoms with Crippen molar-refractivity contribution in [3.63, 3.8) is 0 Å². The van der Waals surface area contributed by atoms with Crippen molar-refractivity contribution in [3.05, 3.63) is 34.1 Å². The largest absolute Gasteiger partial charge is 0.277 e. The molecule has 16 heavy (non-hydrogen) atoms. The monoisotopic (exact) mass is 235 g/mol. The van der Waals surface area contributed by atoms with Gasteiger partial charge in [0.05, 0.1) is 10.1 Å². The summed E-state index contributed by atoms with van der Waals surface area (Å²) in [5, 5.41) is 0.902. The van der Waals surface area contributed by atoms with Gasteiger partial charge >= 0.3 is 0 Å². The Bertz CT molecular complexity index is 522. The summed E-state index contributed by atoms with van der Waals surface area (Å²) >= 11 is 1.43. The van der Waals surface area contributed by atoms with Crippen LogP contribution >= 0.6 is 11.5 Å². The second kappa shape index (κ2) is 4.83. The van der Waals surface area contributed by atoms with E-state index in [2.05, 4.69) is 24.3 Å². The van der Waals surface area contributed by atoms with Crippen LogP contribution in [0.1, 0.15) is 32.3 Å². The van der Waals surface area contributed by atoms with E-state index < -0.39 is 0 Å². The normalized spacial score (nSPS) is 11.4. The Labute approximate surface area is 99.5 Å². The van der Waals surface area contributed by atoms with Gasteiger partial charge in [-0.1, -0.05) is 50.4 Å². The van der Waals surface area contributed by atoms with Gasteiger partial charge in [-0.3, -0.25) is 9.17 Å². The minimum Gasteiger partial charge on any atom is -0.277 e. The SMILES string of the molecule is CCC(CC)Cc1cccc2s[nH]c(=O)c12. The van der Waals surface area contributed by atoms with Crippen LogP contribution in [0.15, 0.2) is 23.0 Å². The van der Waals surface area contributed by atoms with Gasteiger partial charge in [0.25, 0.3) is 5.56 Å². The van der Waals surface area contributed by atoms with Crippen molar-refractivity contribution < 1.29 is 0 Å². The molecule has 0 fully saturated rings. The first kappa shape index (κ1) is 11.4. The lowest BCUT2D eigenvalue weighted by Crippen LogP contribution is -2.06. The molecule has 0 atom stereocenters. The summed E-state index contributed by atoms with van der Waals surface area (Å²) in [5.74, 6) is 0.685. The van der Waals surface area contributed by atoms with Gasteiger partial charge in [0.1, 0.15) is 0 Å². The maximum absolute atomic E-state index is 11.7. The van der Waals surface area contributed by atoms with Crippen molar-refractivity contribution in [3.8, 4) is 0 Å². The molecule has 0 radical (unpaired) electrons. The number of aromatic nitrogens is 1. The second-order valence-corrected chi connectivity index (χ2v) is 5.06. The van der Waals surface area contributed by atoms with E-state index in [1.165, 1.54) is 29.9 Å². The fraction of sp³-hybridized carbons (Fsp3) is 0.462. The van der Waals surface area contributed by atoms with Crippen LogP contribution < -0.4 is 5.56 Å². The van der Waals surface area contributed by atoms with E-state index >= 15 is 0 Å². The molecule has 0 aliphatic rings. The number of rotatable bonds is 4. The molecule has 0 saturated heterocycles. The molecular formula is C13H17NOS. The molecule has 2 rings (SSSR count). The first-order chi connectivity index (χ1) is 7.76. The summed E-state index contributed by atoms with van der Waals surface area (Å²) in [5.41, 5.74) is 1.27. The van der Waals surface area contributed by atoms with Gasteiger partial charge in [0, 0.05) is 0 Å². The molecule has 3 heteroatoms. The molecule has 0 saturated carbocycles. The highest BCUT2D eigenvalue weighted by molar-refractivity contribution is 7.13. The fourth-order valence-electron chi connectivity index (χ4n) is 2.13. The lowest BCUT2D eigenvalue weighted by Gasteiger charge is -2.12. The summed E-state index contributed by atoms with van der Waals surface area (Å²) in [6.07, 6.45) is 3.37. The summed E-state index contributed by atoms with van der Waals surface area (Å²) in [7, 11) is 0. The van der Waals surface area contributed by atoms with Crippen molar-refractivity contribution in [1.82, 2.24) is 4.37 Å². The van der Waals surface area contributed by atoms with E-state index in [1.807, 2.05) is 12.1 Å². The quantitative estimate of drug-likeness (QED) is 0.863. The molecule has 1 heterocycles. The minimum absolute atomic E-state index is 0.0709. The lowest BCUT2D eigenvalue weighted by molar-refractivity contribution is 0.492. The van der Waals surface area contributed by atoms with Gasteiger partial charge in [-0.25, -0.2) is 0 Å². The number of nitrogens with one attached hydrogen (secondary N) is 1. The van der Waals surface area contributed by atoms with Crippen molar-refractivity contribution >= 4 is 21.6 Å². The molecule has 86 valence electrons. The first-order valence-electron chi connectivity index (χ1n) is 5.85. The predicted octanol–water partition coefficient (Wildman–Crippen LogP) is 3.57. The van der Waals surface area contributed by atoms with Crippen molar-refractivity contribution in [2.75, 3.05) is 0 Å². The third-order valence-electron chi connectivity index (χ3n) is 3.26. The Morgan fingerprint density at radius 3 is 2.75 bits per heavy atom. The van der Waals surface area contributed by atoms with Crippen LogP contribution in [0.25, 0.3) is 10.1 Å². The molecule has 1 aromatic carbocycles. The number of aromatic amines is 1. The molecule has 0 bridgehead atoms. The van der Waals surface area contributed by atoms with E-state index in [-0.39, 0.29) is 5.56 Å². The highest BCUT2D eigenvalue weighted by atomic mass is 32.1. The number of fused-ring (bicyclic) bond motifs is 1. The Morgan fingerprint density at radius 2 is 2.06 bits per heavy atom. The van der Waals surface area contributed by atoms with Gasteiger partial charge in [0.2, 0.25) is 0 Å². The summed E-state index contributed by atoms with van der Waals surface area (Å²) in [6, 6.07) is 6.14. The summed E-state index contributed by atoms with van der Waals surface area (Å²) < 4.78 is 3.89. The molecular weight excluding hydrogens is 218 g/mol. The average Bonchev–Trinajstić information content (AvgIpc) is 2.69. The maximum atomic E-state index is 11.7. The van der Waals surface area contributed by atoms with Crippen molar-refractivity contribution in [2.45, 2.75) is 33.1 Å².